The summed E-state index contributed by atoms with van der Waals surface area (Å²) in [4.78, 5) is 29.9. The van der Waals surface area contributed by atoms with E-state index < -0.39 is 5.97 Å². The molecule has 0 unspecified atom stereocenters. The first-order valence-electron chi connectivity index (χ1n) is 14.8. The fourth-order valence-electron chi connectivity index (χ4n) is 5.06. The number of aryl methyl sites for hydroxylation is 1. The number of benzene rings is 4. The predicted molar refractivity (Wildman–Crippen MR) is 183 cm³/mol. The number of carboxylic acid groups (broad SMARTS) is 1. The minimum Gasteiger partial charge on any atom is -0.496 e. The topological polar surface area (TPSA) is 112 Å². The van der Waals surface area contributed by atoms with Crippen LogP contribution in [0.2, 0.25) is 0 Å². The molecule has 0 fully saturated rings. The summed E-state index contributed by atoms with van der Waals surface area (Å²) in [5, 5.41) is 14.3. The lowest BCUT2D eigenvalue weighted by Crippen LogP contribution is -2.20. The van der Waals surface area contributed by atoms with Crippen LogP contribution in [-0.2, 0) is 6.61 Å². The minimum atomic E-state index is -0.987. The van der Waals surface area contributed by atoms with E-state index in [-0.39, 0.29) is 23.6 Å². The summed E-state index contributed by atoms with van der Waals surface area (Å²) in [7, 11) is 1.65. The number of para-hydroxylation sites is 1. The summed E-state index contributed by atoms with van der Waals surface area (Å²) in [5.74, 6) is 1.36. The van der Waals surface area contributed by atoms with Gasteiger partial charge in [-0.1, -0.05) is 38.1 Å². The SMILES string of the molecule is CCOc1cc(C=Nn2c(-c3cc(C(C)C)c(OC)cc3C)nc3ccccc3c2=O)cc(Br)c1OCc1ccc(C(=O)O)cc1. The second kappa shape index (κ2) is 14.0. The second-order valence-corrected chi connectivity index (χ2v) is 11.8. The van der Waals surface area contributed by atoms with Gasteiger partial charge in [-0.15, -0.1) is 0 Å². The van der Waals surface area contributed by atoms with E-state index in [9.17, 15) is 9.59 Å². The standard InChI is InChI=1S/C36H34BrN3O6/c1-6-45-32-17-24(16-29(37)33(32)46-20-23-11-13-25(14-12-23)36(42)43)19-38-40-34(39-30-10-8-7-9-26(30)35(40)41)28-18-27(21(2)3)31(44-5)15-22(28)4/h7-19,21H,6,20H2,1-5H3,(H,42,43). The number of halogens is 1. The summed E-state index contributed by atoms with van der Waals surface area (Å²) < 4.78 is 19.6. The molecule has 1 heterocycles. The van der Waals surface area contributed by atoms with Crippen molar-refractivity contribution >= 4 is 39.0 Å². The van der Waals surface area contributed by atoms with Gasteiger partial charge in [0.05, 0.1) is 40.9 Å². The highest BCUT2D eigenvalue weighted by molar-refractivity contribution is 9.10. The molecule has 0 saturated heterocycles. The third-order valence-corrected chi connectivity index (χ3v) is 8.02. The highest BCUT2D eigenvalue weighted by Crippen LogP contribution is 2.38. The van der Waals surface area contributed by atoms with Crippen LogP contribution >= 0.6 is 15.9 Å². The fraction of sp³-hybridized carbons (Fsp3) is 0.222. The third kappa shape index (κ3) is 6.82. The maximum atomic E-state index is 13.9. The Morgan fingerprint density at radius 1 is 1.04 bits per heavy atom. The molecule has 0 aliphatic carbocycles. The first-order valence-corrected chi connectivity index (χ1v) is 15.6. The van der Waals surface area contributed by atoms with Crippen molar-refractivity contribution in [1.29, 1.82) is 0 Å². The second-order valence-electron chi connectivity index (χ2n) is 10.9. The van der Waals surface area contributed by atoms with Crippen molar-refractivity contribution in [2.75, 3.05) is 13.7 Å². The van der Waals surface area contributed by atoms with Gasteiger partial charge >= 0.3 is 5.97 Å². The van der Waals surface area contributed by atoms with Crippen molar-refractivity contribution < 1.29 is 24.1 Å². The van der Waals surface area contributed by atoms with Gasteiger partial charge in [0.1, 0.15) is 12.4 Å². The van der Waals surface area contributed by atoms with Crippen LogP contribution in [0.4, 0.5) is 0 Å². The van der Waals surface area contributed by atoms with E-state index >= 15 is 0 Å². The first-order chi connectivity index (χ1) is 22.1. The van der Waals surface area contributed by atoms with Gasteiger partial charge in [-0.3, -0.25) is 4.79 Å². The van der Waals surface area contributed by atoms with Crippen molar-refractivity contribution in [3.63, 3.8) is 0 Å². The van der Waals surface area contributed by atoms with Crippen LogP contribution in [0.25, 0.3) is 22.3 Å². The Morgan fingerprint density at radius 3 is 2.46 bits per heavy atom. The number of aromatic carboxylic acids is 1. The van der Waals surface area contributed by atoms with E-state index in [2.05, 4.69) is 34.9 Å². The molecule has 0 aliphatic rings. The van der Waals surface area contributed by atoms with Gasteiger partial charge in [0, 0.05) is 5.56 Å². The molecule has 5 aromatic rings. The molecule has 0 radical (unpaired) electrons. The van der Waals surface area contributed by atoms with Gasteiger partial charge in [-0.25, -0.2) is 9.78 Å². The van der Waals surface area contributed by atoms with Crippen LogP contribution in [-0.4, -0.2) is 40.7 Å². The fourth-order valence-corrected chi connectivity index (χ4v) is 5.64. The molecule has 0 bridgehead atoms. The van der Waals surface area contributed by atoms with E-state index in [0.29, 0.717) is 44.9 Å². The zero-order valence-electron chi connectivity index (χ0n) is 26.2. The molecule has 0 aliphatic heterocycles. The minimum absolute atomic E-state index is 0.178. The zero-order valence-corrected chi connectivity index (χ0v) is 27.8. The molecule has 5 rings (SSSR count). The van der Waals surface area contributed by atoms with Gasteiger partial charge in [0.2, 0.25) is 0 Å². The highest BCUT2D eigenvalue weighted by Gasteiger charge is 2.19. The van der Waals surface area contributed by atoms with Gasteiger partial charge < -0.3 is 19.3 Å². The molecule has 4 aromatic carbocycles. The number of carbonyl (C=O) groups is 1. The normalized spacial score (nSPS) is 11.4. The van der Waals surface area contributed by atoms with Crippen LogP contribution in [0.1, 0.15) is 59.3 Å². The highest BCUT2D eigenvalue weighted by atomic mass is 79.9. The first kappa shape index (κ1) is 32.4. The Balaban J connectivity index is 1.56. The smallest absolute Gasteiger partial charge is 0.335 e. The van der Waals surface area contributed by atoms with Crippen LogP contribution < -0.4 is 19.8 Å². The van der Waals surface area contributed by atoms with E-state index in [1.165, 1.54) is 16.8 Å². The summed E-state index contributed by atoms with van der Waals surface area (Å²) in [6, 6.07) is 21.3. The van der Waals surface area contributed by atoms with E-state index in [1.54, 1.807) is 43.7 Å². The van der Waals surface area contributed by atoms with Crippen LogP contribution in [0, 0.1) is 6.92 Å². The molecule has 0 amide bonds. The molecular formula is C36H34BrN3O6. The Bertz CT molecular complexity index is 2000. The number of ether oxygens (including phenoxy) is 3. The van der Waals surface area contributed by atoms with Gasteiger partial charge in [0.15, 0.2) is 17.3 Å². The van der Waals surface area contributed by atoms with Gasteiger partial charge in [0.25, 0.3) is 5.56 Å². The number of methoxy groups -OCH3 is 1. The number of fused-ring (bicyclic) bond motifs is 1. The van der Waals surface area contributed by atoms with Crippen molar-refractivity contribution in [2.24, 2.45) is 5.10 Å². The molecule has 9 nitrogen and oxygen atoms in total. The summed E-state index contributed by atoms with van der Waals surface area (Å²) in [6.45, 7) is 8.61. The van der Waals surface area contributed by atoms with Gasteiger partial charge in [-0.2, -0.15) is 9.78 Å². The maximum Gasteiger partial charge on any atom is 0.335 e. The van der Waals surface area contributed by atoms with Crippen molar-refractivity contribution in [3.8, 4) is 28.6 Å². The lowest BCUT2D eigenvalue weighted by atomic mass is 9.96. The molecule has 0 saturated carbocycles. The summed E-state index contributed by atoms with van der Waals surface area (Å²) >= 11 is 3.60. The quantitative estimate of drug-likeness (QED) is 0.141. The molecule has 1 aromatic heterocycles. The number of rotatable bonds is 11. The Hall–Kier alpha value is -4.96. The number of nitrogens with zero attached hydrogens (tertiary/aromatic N) is 3. The maximum absolute atomic E-state index is 13.9. The molecule has 0 atom stereocenters. The lowest BCUT2D eigenvalue weighted by Gasteiger charge is -2.17. The van der Waals surface area contributed by atoms with Crippen LogP contribution in [0.15, 0.2) is 87.2 Å². The number of aromatic nitrogens is 2. The van der Waals surface area contributed by atoms with Crippen molar-refractivity contribution in [1.82, 2.24) is 9.66 Å². The molecular weight excluding hydrogens is 650 g/mol. The molecule has 0 spiro atoms. The monoisotopic (exact) mass is 683 g/mol. The Kier molecular flexibility index (Phi) is 9.87. The number of carboxylic acids is 1. The number of hydrogen-bond acceptors (Lipinski definition) is 7. The largest absolute Gasteiger partial charge is 0.496 e. The molecule has 10 heteroatoms. The predicted octanol–water partition coefficient (Wildman–Crippen LogP) is 7.82. The average Bonchev–Trinajstić information content (AvgIpc) is 3.04. The Labute approximate surface area is 275 Å². The number of hydrogen-bond donors (Lipinski definition) is 1. The Morgan fingerprint density at radius 2 is 1.78 bits per heavy atom. The molecule has 46 heavy (non-hydrogen) atoms. The van der Waals surface area contributed by atoms with Crippen LogP contribution in [0.5, 0.6) is 17.2 Å². The van der Waals surface area contributed by atoms with E-state index in [4.69, 9.17) is 24.3 Å². The van der Waals surface area contributed by atoms with E-state index in [0.717, 1.165) is 28.0 Å². The summed E-state index contributed by atoms with van der Waals surface area (Å²) in [6.07, 6.45) is 1.59. The summed E-state index contributed by atoms with van der Waals surface area (Å²) in [5.41, 5.74) is 4.62. The third-order valence-electron chi connectivity index (χ3n) is 7.43. The molecule has 236 valence electrons. The lowest BCUT2D eigenvalue weighted by molar-refractivity contribution is 0.0697. The van der Waals surface area contributed by atoms with E-state index in [1.807, 2.05) is 44.2 Å². The zero-order chi connectivity index (χ0) is 33.0. The average molecular weight is 685 g/mol. The van der Waals surface area contributed by atoms with Gasteiger partial charge in [-0.05, 0) is 106 Å². The van der Waals surface area contributed by atoms with Crippen molar-refractivity contribution in [3.05, 3.63) is 115 Å². The molecule has 1 N–H and O–H groups in total. The van der Waals surface area contributed by atoms with Crippen LogP contribution in [0.3, 0.4) is 0 Å². The van der Waals surface area contributed by atoms with Crippen molar-refractivity contribution in [2.45, 2.75) is 40.2 Å².